The quantitative estimate of drug-likeness (QED) is 0.845. The highest BCUT2D eigenvalue weighted by Gasteiger charge is 2.09. The van der Waals surface area contributed by atoms with Crippen molar-refractivity contribution in [3.05, 3.63) is 29.6 Å². The summed E-state index contributed by atoms with van der Waals surface area (Å²) < 4.78 is 9.91. The number of nitrogens with two attached hydrogens (primary N) is 1. The number of ether oxygens (including phenoxy) is 1. The summed E-state index contributed by atoms with van der Waals surface area (Å²) in [5.74, 6) is 1.51. The number of hydrogen-bond acceptors (Lipinski definition) is 5. The van der Waals surface area contributed by atoms with Crippen LogP contribution < -0.4 is 10.5 Å². The van der Waals surface area contributed by atoms with Gasteiger partial charge in [-0.1, -0.05) is 19.1 Å². The second-order valence-corrected chi connectivity index (χ2v) is 4.54. The largest absolute Gasteiger partial charge is 0.427 e. The number of benzene rings is 1. The van der Waals surface area contributed by atoms with Crippen molar-refractivity contribution >= 4 is 17.2 Å². The molecule has 0 amide bonds. The lowest BCUT2D eigenvalue weighted by molar-refractivity contribution is 0.475. The average molecular weight is 249 g/mol. The van der Waals surface area contributed by atoms with Crippen molar-refractivity contribution in [1.82, 2.24) is 9.36 Å². The van der Waals surface area contributed by atoms with Crippen molar-refractivity contribution in [2.45, 2.75) is 26.7 Å². The maximum absolute atomic E-state index is 5.87. The summed E-state index contributed by atoms with van der Waals surface area (Å²) in [5, 5.41) is 0.550. The van der Waals surface area contributed by atoms with Crippen molar-refractivity contribution < 1.29 is 4.74 Å². The highest BCUT2D eigenvalue weighted by atomic mass is 32.1. The Hall–Kier alpha value is -1.62. The van der Waals surface area contributed by atoms with Crippen LogP contribution in [-0.2, 0) is 6.42 Å². The summed E-state index contributed by atoms with van der Waals surface area (Å²) in [6, 6.07) is 5.68. The van der Waals surface area contributed by atoms with E-state index in [1.165, 1.54) is 11.5 Å². The summed E-state index contributed by atoms with van der Waals surface area (Å²) in [4.78, 5) is 4.31. The van der Waals surface area contributed by atoms with Crippen LogP contribution in [0, 0.1) is 6.92 Å². The fourth-order valence-corrected chi connectivity index (χ4v) is 2.09. The molecule has 0 saturated carbocycles. The van der Waals surface area contributed by atoms with E-state index in [-0.39, 0.29) is 0 Å². The highest BCUT2D eigenvalue weighted by molar-refractivity contribution is 7.07. The molecule has 0 radical (unpaired) electrons. The monoisotopic (exact) mass is 249 g/mol. The third kappa shape index (κ3) is 2.74. The Morgan fingerprint density at radius 2 is 2.24 bits per heavy atom. The van der Waals surface area contributed by atoms with Gasteiger partial charge in [0.25, 0.3) is 5.19 Å². The summed E-state index contributed by atoms with van der Waals surface area (Å²) in [7, 11) is 0. The Bertz CT molecular complexity index is 490. The molecule has 2 rings (SSSR count). The molecule has 0 bridgehead atoms. The fraction of sp³-hybridized carbons (Fsp3) is 0.333. The molecule has 4 nitrogen and oxygen atoms in total. The van der Waals surface area contributed by atoms with E-state index in [0.29, 0.717) is 16.6 Å². The van der Waals surface area contributed by atoms with E-state index in [1.54, 1.807) is 0 Å². The minimum Gasteiger partial charge on any atom is -0.427 e. The van der Waals surface area contributed by atoms with Gasteiger partial charge in [0, 0.05) is 18.0 Å². The molecule has 0 atom stereocenters. The summed E-state index contributed by atoms with van der Waals surface area (Å²) in [6.45, 7) is 4.06. The molecule has 2 N–H and O–H groups in total. The van der Waals surface area contributed by atoms with Crippen LogP contribution >= 0.6 is 11.5 Å². The van der Waals surface area contributed by atoms with Gasteiger partial charge in [-0.05, 0) is 25.0 Å². The second-order valence-electron chi connectivity index (χ2n) is 3.82. The Kier molecular flexibility index (Phi) is 3.58. The number of nitrogens with zero attached hydrogens (tertiary/aromatic N) is 2. The summed E-state index contributed by atoms with van der Waals surface area (Å²) in [5.41, 5.74) is 7.49. The van der Waals surface area contributed by atoms with Gasteiger partial charge in [0.05, 0.1) is 5.69 Å². The van der Waals surface area contributed by atoms with Crippen LogP contribution in [0.5, 0.6) is 10.9 Å². The normalized spacial score (nSPS) is 10.5. The molecule has 0 aliphatic carbocycles. The summed E-state index contributed by atoms with van der Waals surface area (Å²) >= 11 is 1.26. The summed E-state index contributed by atoms with van der Waals surface area (Å²) in [6.07, 6.45) is 1.91. The van der Waals surface area contributed by atoms with Crippen LogP contribution in [0.4, 0.5) is 5.69 Å². The molecule has 90 valence electrons. The van der Waals surface area contributed by atoms with Gasteiger partial charge in [-0.2, -0.15) is 9.36 Å². The second kappa shape index (κ2) is 5.14. The highest BCUT2D eigenvalue weighted by Crippen LogP contribution is 2.31. The van der Waals surface area contributed by atoms with Gasteiger partial charge >= 0.3 is 0 Å². The van der Waals surface area contributed by atoms with Gasteiger partial charge in [-0.3, -0.25) is 0 Å². The van der Waals surface area contributed by atoms with Gasteiger partial charge in [0.15, 0.2) is 5.75 Å². The van der Waals surface area contributed by atoms with Crippen molar-refractivity contribution in [3.63, 3.8) is 0 Å². The zero-order valence-electron chi connectivity index (χ0n) is 9.93. The molecule has 1 aromatic heterocycles. The minimum absolute atomic E-state index is 0.550. The zero-order valence-corrected chi connectivity index (χ0v) is 10.8. The topological polar surface area (TPSA) is 61.0 Å². The van der Waals surface area contributed by atoms with Crippen LogP contribution in [0.1, 0.15) is 24.7 Å². The number of nitrogen functional groups attached to an aromatic ring is 1. The molecule has 0 saturated heterocycles. The molecule has 5 heteroatoms. The molecule has 0 unspecified atom stereocenters. The Morgan fingerprint density at radius 1 is 1.41 bits per heavy atom. The first kappa shape index (κ1) is 11.9. The lowest BCUT2D eigenvalue weighted by atomic mass is 10.2. The maximum Gasteiger partial charge on any atom is 0.298 e. The predicted octanol–water partition coefficient (Wildman–Crippen LogP) is 3.17. The van der Waals surface area contributed by atoms with Crippen molar-refractivity contribution in [2.24, 2.45) is 0 Å². The number of rotatable bonds is 4. The van der Waals surface area contributed by atoms with Crippen molar-refractivity contribution in [1.29, 1.82) is 0 Å². The number of para-hydroxylation sites is 1. The molecule has 0 spiro atoms. The first-order valence-corrected chi connectivity index (χ1v) is 6.33. The van der Waals surface area contributed by atoms with E-state index in [0.717, 1.165) is 24.2 Å². The average Bonchev–Trinajstić information content (AvgIpc) is 2.72. The number of hydrogen-bond donors (Lipinski definition) is 1. The molecule has 2 aromatic rings. The minimum atomic E-state index is 0.550. The Labute approximate surface area is 105 Å². The van der Waals surface area contributed by atoms with Crippen molar-refractivity contribution in [2.75, 3.05) is 5.73 Å². The van der Waals surface area contributed by atoms with Gasteiger partial charge < -0.3 is 10.5 Å². The third-order valence-electron chi connectivity index (χ3n) is 2.35. The van der Waals surface area contributed by atoms with Crippen LogP contribution in [0.15, 0.2) is 18.2 Å². The number of anilines is 1. The molecule has 0 aliphatic rings. The first-order valence-electron chi connectivity index (χ1n) is 5.56. The van der Waals surface area contributed by atoms with Gasteiger partial charge in [0.1, 0.15) is 5.82 Å². The van der Waals surface area contributed by atoms with E-state index < -0.39 is 0 Å². The van der Waals surface area contributed by atoms with Crippen LogP contribution in [0.2, 0.25) is 0 Å². The van der Waals surface area contributed by atoms with Crippen LogP contribution in [0.3, 0.4) is 0 Å². The molecule has 1 aromatic carbocycles. The molecular formula is C12H15N3OS. The molecule has 0 fully saturated rings. The third-order valence-corrected chi connectivity index (χ3v) is 2.99. The Morgan fingerprint density at radius 3 is 2.94 bits per heavy atom. The van der Waals surface area contributed by atoms with Gasteiger partial charge in [-0.15, -0.1) is 0 Å². The van der Waals surface area contributed by atoms with Gasteiger partial charge in [-0.25, -0.2) is 0 Å². The van der Waals surface area contributed by atoms with Crippen molar-refractivity contribution in [3.8, 4) is 10.9 Å². The molecule has 1 heterocycles. The maximum atomic E-state index is 5.87. The van der Waals surface area contributed by atoms with Crippen LogP contribution in [0.25, 0.3) is 0 Å². The van der Waals surface area contributed by atoms with E-state index in [9.17, 15) is 0 Å². The number of aryl methyl sites for hydroxylation is 2. The lowest BCUT2D eigenvalue weighted by Crippen LogP contribution is -1.94. The van der Waals surface area contributed by atoms with E-state index in [2.05, 4.69) is 16.3 Å². The van der Waals surface area contributed by atoms with E-state index in [4.69, 9.17) is 10.5 Å². The molecule has 17 heavy (non-hydrogen) atoms. The lowest BCUT2D eigenvalue weighted by Gasteiger charge is -2.07. The predicted molar refractivity (Wildman–Crippen MR) is 69.6 cm³/mol. The standard InChI is InChI=1S/C12H15N3OS/c1-3-5-10-14-12(17-15-10)16-11-8(2)6-4-7-9(11)13/h4,6-7H,3,5,13H2,1-2H3. The van der Waals surface area contributed by atoms with Gasteiger partial charge in [0.2, 0.25) is 0 Å². The fourth-order valence-electron chi connectivity index (χ4n) is 1.51. The molecule has 0 aliphatic heterocycles. The first-order chi connectivity index (χ1) is 8.20. The zero-order chi connectivity index (χ0) is 12.3. The number of aromatic nitrogens is 2. The smallest absolute Gasteiger partial charge is 0.298 e. The Balaban J connectivity index is 2.19. The van der Waals surface area contributed by atoms with E-state index >= 15 is 0 Å². The van der Waals surface area contributed by atoms with E-state index in [1.807, 2.05) is 25.1 Å². The SMILES string of the molecule is CCCc1nsc(Oc2c(C)cccc2N)n1. The molecular weight excluding hydrogens is 234 g/mol. The van der Waals surface area contributed by atoms with Crippen LogP contribution in [-0.4, -0.2) is 9.36 Å².